The molecule has 2 aromatic carbocycles. The smallest absolute Gasteiger partial charge is 0.253 e. The van der Waals surface area contributed by atoms with Gasteiger partial charge in [0, 0.05) is 19.2 Å². The summed E-state index contributed by atoms with van der Waals surface area (Å²) in [5, 5.41) is 3.00. The Bertz CT molecular complexity index is 692. The molecule has 0 saturated carbocycles. The highest BCUT2D eigenvalue weighted by molar-refractivity contribution is 6.33. The zero-order chi connectivity index (χ0) is 16.1. The van der Waals surface area contributed by atoms with Crippen LogP contribution in [0.3, 0.4) is 0 Å². The number of benzene rings is 2. The average Bonchev–Trinajstić information content (AvgIpc) is 2.51. The third-order valence-corrected chi connectivity index (χ3v) is 3.84. The molecule has 0 heterocycles. The van der Waals surface area contributed by atoms with E-state index < -0.39 is 5.82 Å². The molecule has 0 unspecified atom stereocenters. The van der Waals surface area contributed by atoms with Gasteiger partial charge in [-0.3, -0.25) is 4.79 Å². The summed E-state index contributed by atoms with van der Waals surface area (Å²) < 4.78 is 18.9. The van der Waals surface area contributed by atoms with Crippen LogP contribution in [0, 0.1) is 5.82 Å². The second-order valence-corrected chi connectivity index (χ2v) is 5.39. The predicted octanol–water partition coefficient (Wildman–Crippen LogP) is 4.21. The Morgan fingerprint density at radius 3 is 2.55 bits per heavy atom. The molecule has 0 atom stereocenters. The molecule has 1 N–H and O–H groups in total. The fourth-order valence-corrected chi connectivity index (χ4v) is 2.42. The number of hydrogen-bond acceptors (Lipinski definition) is 2. The molecule has 0 radical (unpaired) electrons. The largest absolute Gasteiger partial charge is 0.380 e. The number of rotatable bonds is 5. The van der Waals surface area contributed by atoms with E-state index >= 15 is 0 Å². The van der Waals surface area contributed by atoms with Crippen molar-refractivity contribution in [2.45, 2.75) is 13.2 Å². The van der Waals surface area contributed by atoms with E-state index in [0.717, 1.165) is 0 Å². The summed E-state index contributed by atoms with van der Waals surface area (Å²) in [6.07, 6.45) is 0. The molecule has 0 aliphatic rings. The highest BCUT2D eigenvalue weighted by Crippen LogP contribution is 2.24. The number of ether oxygens (including phenoxy) is 1. The van der Waals surface area contributed by atoms with Gasteiger partial charge in [0.05, 0.1) is 22.2 Å². The second-order valence-electron chi connectivity index (χ2n) is 4.61. The van der Waals surface area contributed by atoms with E-state index in [0.29, 0.717) is 21.7 Å². The van der Waals surface area contributed by atoms with Crippen molar-refractivity contribution in [3.63, 3.8) is 0 Å². The minimum absolute atomic E-state index is 0.0194. The molecule has 0 saturated heterocycles. The number of hydrogen-bond donors (Lipinski definition) is 1. The van der Waals surface area contributed by atoms with E-state index in [-0.39, 0.29) is 24.1 Å². The molecule has 22 heavy (non-hydrogen) atoms. The molecule has 0 aromatic heterocycles. The Morgan fingerprint density at radius 2 is 1.86 bits per heavy atom. The number of halogens is 3. The SMILES string of the molecule is COCc1ccc(CNC(=O)c2ccccc2Cl)c(Cl)c1F. The molecule has 0 aliphatic heterocycles. The fraction of sp³-hybridized carbons (Fsp3) is 0.188. The van der Waals surface area contributed by atoms with Crippen LogP contribution in [-0.2, 0) is 17.9 Å². The molecule has 6 heteroatoms. The van der Waals surface area contributed by atoms with Crippen molar-refractivity contribution in [2.24, 2.45) is 0 Å². The Hall–Kier alpha value is -1.62. The van der Waals surface area contributed by atoms with Gasteiger partial charge < -0.3 is 10.1 Å². The molecular formula is C16H14Cl2FNO2. The van der Waals surface area contributed by atoms with E-state index in [1.807, 2.05) is 0 Å². The van der Waals surface area contributed by atoms with Crippen LogP contribution in [0.2, 0.25) is 10.0 Å². The summed E-state index contributed by atoms with van der Waals surface area (Å²) in [6, 6.07) is 9.94. The molecule has 0 bridgehead atoms. The zero-order valence-corrected chi connectivity index (χ0v) is 13.3. The Morgan fingerprint density at radius 1 is 1.18 bits per heavy atom. The summed E-state index contributed by atoms with van der Waals surface area (Å²) >= 11 is 11.9. The minimum atomic E-state index is -0.534. The van der Waals surface area contributed by atoms with Crippen LogP contribution in [0.5, 0.6) is 0 Å². The molecule has 0 fully saturated rings. The van der Waals surface area contributed by atoms with Gasteiger partial charge in [0.1, 0.15) is 5.82 Å². The molecule has 2 rings (SSSR count). The normalized spacial score (nSPS) is 10.5. The van der Waals surface area contributed by atoms with Crippen LogP contribution in [0.4, 0.5) is 4.39 Å². The summed E-state index contributed by atoms with van der Waals surface area (Å²) in [5.74, 6) is -0.879. The van der Waals surface area contributed by atoms with E-state index in [2.05, 4.69) is 5.32 Å². The lowest BCUT2D eigenvalue weighted by Gasteiger charge is -2.11. The summed E-state index contributed by atoms with van der Waals surface area (Å²) in [6.45, 7) is 0.241. The quantitative estimate of drug-likeness (QED) is 0.884. The summed E-state index contributed by atoms with van der Waals surface area (Å²) in [7, 11) is 1.48. The van der Waals surface area contributed by atoms with Gasteiger partial charge in [-0.25, -0.2) is 4.39 Å². The van der Waals surface area contributed by atoms with Gasteiger partial charge in [-0.15, -0.1) is 0 Å². The number of nitrogens with one attached hydrogen (secondary N) is 1. The maximum absolute atomic E-state index is 14.0. The van der Waals surface area contributed by atoms with E-state index in [4.69, 9.17) is 27.9 Å². The van der Waals surface area contributed by atoms with Crippen LogP contribution in [-0.4, -0.2) is 13.0 Å². The first-order valence-corrected chi connectivity index (χ1v) is 7.27. The molecule has 0 aliphatic carbocycles. The molecule has 0 spiro atoms. The van der Waals surface area contributed by atoms with Crippen LogP contribution in [0.15, 0.2) is 36.4 Å². The zero-order valence-electron chi connectivity index (χ0n) is 11.8. The monoisotopic (exact) mass is 341 g/mol. The second kappa shape index (κ2) is 7.58. The topological polar surface area (TPSA) is 38.3 Å². The van der Waals surface area contributed by atoms with Crippen molar-refractivity contribution >= 4 is 29.1 Å². The van der Waals surface area contributed by atoms with Gasteiger partial charge in [-0.05, 0) is 17.7 Å². The molecule has 116 valence electrons. The van der Waals surface area contributed by atoms with E-state index in [1.54, 1.807) is 36.4 Å². The van der Waals surface area contributed by atoms with Crippen LogP contribution in [0.25, 0.3) is 0 Å². The average molecular weight is 342 g/mol. The lowest BCUT2D eigenvalue weighted by molar-refractivity contribution is 0.0951. The maximum atomic E-state index is 14.0. The lowest BCUT2D eigenvalue weighted by Crippen LogP contribution is -2.23. The standard InChI is InChI=1S/C16H14Cl2FNO2/c1-22-9-11-7-6-10(14(18)15(11)19)8-20-16(21)12-4-2-3-5-13(12)17/h2-7H,8-9H2,1H3,(H,20,21). The van der Waals surface area contributed by atoms with Crippen molar-refractivity contribution in [1.82, 2.24) is 5.32 Å². The maximum Gasteiger partial charge on any atom is 0.253 e. The van der Waals surface area contributed by atoms with Crippen molar-refractivity contribution in [3.8, 4) is 0 Å². The van der Waals surface area contributed by atoms with Gasteiger partial charge >= 0.3 is 0 Å². The first-order valence-electron chi connectivity index (χ1n) is 6.52. The van der Waals surface area contributed by atoms with Gasteiger partial charge in [0.15, 0.2) is 0 Å². The minimum Gasteiger partial charge on any atom is -0.380 e. The first kappa shape index (κ1) is 16.7. The molecule has 3 nitrogen and oxygen atoms in total. The molecular weight excluding hydrogens is 328 g/mol. The van der Waals surface area contributed by atoms with Crippen molar-refractivity contribution in [2.75, 3.05) is 7.11 Å². The van der Waals surface area contributed by atoms with E-state index in [9.17, 15) is 9.18 Å². The highest BCUT2D eigenvalue weighted by atomic mass is 35.5. The van der Waals surface area contributed by atoms with Crippen molar-refractivity contribution in [1.29, 1.82) is 0 Å². The summed E-state index contributed by atoms with van der Waals surface area (Å²) in [4.78, 5) is 12.1. The Kier molecular flexibility index (Phi) is 5.77. The van der Waals surface area contributed by atoms with Crippen LogP contribution in [0.1, 0.15) is 21.5 Å². The van der Waals surface area contributed by atoms with E-state index in [1.165, 1.54) is 7.11 Å². The number of carbonyl (C=O) groups excluding carboxylic acids is 1. The summed E-state index contributed by atoms with van der Waals surface area (Å²) in [5.41, 5.74) is 1.21. The number of methoxy groups -OCH3 is 1. The fourth-order valence-electron chi connectivity index (χ4n) is 1.95. The van der Waals surface area contributed by atoms with Crippen LogP contribution >= 0.6 is 23.2 Å². The van der Waals surface area contributed by atoms with Gasteiger partial charge in [0.2, 0.25) is 0 Å². The van der Waals surface area contributed by atoms with Crippen molar-refractivity contribution < 1.29 is 13.9 Å². The third kappa shape index (κ3) is 3.77. The third-order valence-electron chi connectivity index (χ3n) is 3.10. The van der Waals surface area contributed by atoms with Crippen molar-refractivity contribution in [3.05, 3.63) is 69.0 Å². The van der Waals surface area contributed by atoms with Gasteiger partial charge in [-0.2, -0.15) is 0 Å². The predicted molar refractivity (Wildman–Crippen MR) is 84.7 cm³/mol. The molecule has 2 aromatic rings. The van der Waals surface area contributed by atoms with Crippen LogP contribution < -0.4 is 5.32 Å². The number of amides is 1. The highest BCUT2D eigenvalue weighted by Gasteiger charge is 2.14. The van der Waals surface area contributed by atoms with Gasteiger partial charge in [0.25, 0.3) is 5.91 Å². The Balaban J connectivity index is 2.10. The molecule has 1 amide bonds. The van der Waals surface area contributed by atoms with Gasteiger partial charge in [-0.1, -0.05) is 47.5 Å². The number of carbonyl (C=O) groups is 1. The lowest BCUT2D eigenvalue weighted by atomic mass is 10.1. The Labute approximate surface area is 138 Å². The first-order chi connectivity index (χ1) is 10.5.